The smallest absolute Gasteiger partial charge is 0.188 e. The fourth-order valence-corrected chi connectivity index (χ4v) is 2.02. The Morgan fingerprint density at radius 3 is 2.71 bits per heavy atom. The first-order chi connectivity index (χ1) is 9.77. The molecule has 0 amide bonds. The number of hydrogen-bond acceptors (Lipinski definition) is 4. The highest BCUT2D eigenvalue weighted by atomic mass is 127. The Morgan fingerprint density at radius 1 is 1.33 bits per heavy atom. The first kappa shape index (κ1) is 20.9. The first-order valence-electron chi connectivity index (χ1n) is 7.62. The molecule has 0 heterocycles. The molecule has 0 radical (unpaired) electrons. The molecule has 0 spiro atoms. The topological polar surface area (TPSA) is 72.1 Å². The molecule has 1 saturated carbocycles. The minimum Gasteiger partial charge on any atom is -0.383 e. The summed E-state index contributed by atoms with van der Waals surface area (Å²) < 4.78 is 10.4. The summed E-state index contributed by atoms with van der Waals surface area (Å²) in [5, 5.41) is 3.17. The second-order valence-electron chi connectivity index (χ2n) is 5.00. The number of methoxy groups -OCH3 is 1. The molecule has 0 unspecified atom stereocenters. The van der Waals surface area contributed by atoms with Crippen LogP contribution in [0.1, 0.15) is 26.2 Å². The minimum absolute atomic E-state index is 0. The van der Waals surface area contributed by atoms with Gasteiger partial charge in [-0.15, -0.1) is 24.0 Å². The fraction of sp³-hybridized carbons (Fsp3) is 0.929. The Bertz CT molecular complexity index is 276. The molecule has 1 aliphatic carbocycles. The predicted octanol–water partition coefficient (Wildman–Crippen LogP) is 1.05. The van der Waals surface area contributed by atoms with Gasteiger partial charge in [0.1, 0.15) is 0 Å². The van der Waals surface area contributed by atoms with Gasteiger partial charge in [0.25, 0.3) is 0 Å². The van der Waals surface area contributed by atoms with Crippen molar-refractivity contribution in [3.63, 3.8) is 0 Å². The summed E-state index contributed by atoms with van der Waals surface area (Å²) in [6, 6.07) is 0.747. The summed E-state index contributed by atoms with van der Waals surface area (Å²) in [5.41, 5.74) is 5.82. The molecule has 126 valence electrons. The molecular weight excluding hydrogens is 383 g/mol. The molecular formula is C14H31IN4O2. The van der Waals surface area contributed by atoms with Gasteiger partial charge >= 0.3 is 0 Å². The van der Waals surface area contributed by atoms with Crippen molar-refractivity contribution in [2.45, 2.75) is 32.2 Å². The third-order valence-electron chi connectivity index (χ3n) is 3.28. The van der Waals surface area contributed by atoms with Crippen LogP contribution in [-0.4, -0.2) is 70.0 Å². The van der Waals surface area contributed by atoms with Crippen LogP contribution in [-0.2, 0) is 9.47 Å². The molecule has 7 heteroatoms. The number of guanidine groups is 1. The van der Waals surface area contributed by atoms with E-state index in [0.29, 0.717) is 5.96 Å². The number of halogens is 1. The average Bonchev–Trinajstić information content (AvgIpc) is 3.27. The van der Waals surface area contributed by atoms with Crippen LogP contribution in [0.5, 0.6) is 0 Å². The van der Waals surface area contributed by atoms with Crippen LogP contribution in [0.3, 0.4) is 0 Å². The van der Waals surface area contributed by atoms with Crippen molar-refractivity contribution >= 4 is 29.9 Å². The van der Waals surface area contributed by atoms with Crippen molar-refractivity contribution in [1.82, 2.24) is 10.2 Å². The van der Waals surface area contributed by atoms with E-state index >= 15 is 0 Å². The maximum Gasteiger partial charge on any atom is 0.188 e. The van der Waals surface area contributed by atoms with Crippen LogP contribution in [0.25, 0.3) is 0 Å². The normalized spacial score (nSPS) is 15.1. The van der Waals surface area contributed by atoms with Crippen molar-refractivity contribution in [1.29, 1.82) is 0 Å². The van der Waals surface area contributed by atoms with Gasteiger partial charge in [-0.1, -0.05) is 0 Å². The minimum atomic E-state index is 0. The molecule has 0 aliphatic heterocycles. The molecule has 1 fully saturated rings. The number of ether oxygens (including phenoxy) is 2. The Balaban J connectivity index is 0.00000400. The highest BCUT2D eigenvalue weighted by Crippen LogP contribution is 2.25. The van der Waals surface area contributed by atoms with Gasteiger partial charge in [0.15, 0.2) is 5.96 Å². The average molecular weight is 414 g/mol. The molecule has 0 saturated heterocycles. The van der Waals surface area contributed by atoms with Crippen molar-refractivity contribution in [3.8, 4) is 0 Å². The summed E-state index contributed by atoms with van der Waals surface area (Å²) in [5.74, 6) is 0.531. The van der Waals surface area contributed by atoms with Gasteiger partial charge in [0.2, 0.25) is 0 Å². The molecule has 0 aromatic carbocycles. The van der Waals surface area contributed by atoms with Gasteiger partial charge in [-0.2, -0.15) is 0 Å². The van der Waals surface area contributed by atoms with E-state index in [1.807, 2.05) is 6.92 Å². The van der Waals surface area contributed by atoms with E-state index in [1.165, 1.54) is 12.8 Å². The van der Waals surface area contributed by atoms with Crippen LogP contribution in [0.2, 0.25) is 0 Å². The molecule has 0 atom stereocenters. The van der Waals surface area contributed by atoms with Crippen LogP contribution in [0.15, 0.2) is 4.99 Å². The summed E-state index contributed by atoms with van der Waals surface area (Å²) in [7, 11) is 1.75. The number of hydrogen-bond donors (Lipinski definition) is 2. The summed E-state index contributed by atoms with van der Waals surface area (Å²) in [4.78, 5) is 6.73. The third-order valence-corrected chi connectivity index (χ3v) is 3.28. The second-order valence-corrected chi connectivity index (χ2v) is 5.00. The Kier molecular flexibility index (Phi) is 13.5. The molecule has 1 aliphatic rings. The zero-order valence-corrected chi connectivity index (χ0v) is 15.7. The highest BCUT2D eigenvalue weighted by molar-refractivity contribution is 14.0. The van der Waals surface area contributed by atoms with Gasteiger partial charge < -0.3 is 20.5 Å². The van der Waals surface area contributed by atoms with E-state index in [4.69, 9.17) is 15.2 Å². The molecule has 0 aromatic heterocycles. The Morgan fingerprint density at radius 2 is 2.10 bits per heavy atom. The number of nitrogens with one attached hydrogen (secondary N) is 1. The summed E-state index contributed by atoms with van der Waals surface area (Å²) in [6.45, 7) is 7.83. The Labute approximate surface area is 145 Å². The lowest BCUT2D eigenvalue weighted by Crippen LogP contribution is -2.40. The fourth-order valence-electron chi connectivity index (χ4n) is 2.02. The van der Waals surface area contributed by atoms with E-state index < -0.39 is 0 Å². The lowest BCUT2D eigenvalue weighted by molar-refractivity contribution is 0.144. The van der Waals surface area contributed by atoms with Crippen LogP contribution < -0.4 is 11.1 Å². The first-order valence-corrected chi connectivity index (χ1v) is 7.62. The van der Waals surface area contributed by atoms with E-state index in [-0.39, 0.29) is 24.0 Å². The lowest BCUT2D eigenvalue weighted by atomic mass is 10.4. The van der Waals surface area contributed by atoms with E-state index in [0.717, 1.165) is 58.5 Å². The highest BCUT2D eigenvalue weighted by Gasteiger charge is 2.27. The second kappa shape index (κ2) is 13.5. The van der Waals surface area contributed by atoms with Crippen LogP contribution >= 0.6 is 24.0 Å². The van der Waals surface area contributed by atoms with Gasteiger partial charge in [0, 0.05) is 52.5 Å². The van der Waals surface area contributed by atoms with Crippen LogP contribution in [0.4, 0.5) is 0 Å². The molecule has 3 N–H and O–H groups in total. The molecule has 21 heavy (non-hydrogen) atoms. The quantitative estimate of drug-likeness (QED) is 0.216. The largest absolute Gasteiger partial charge is 0.383 e. The van der Waals surface area contributed by atoms with Gasteiger partial charge in [-0.05, 0) is 26.2 Å². The number of aliphatic imine (C=N–C) groups is 1. The van der Waals surface area contributed by atoms with Crippen molar-refractivity contribution in [2.24, 2.45) is 10.7 Å². The SMILES string of the molecule is CCOCCCN=C(N)NCCN(CCOC)C1CC1.I. The van der Waals surface area contributed by atoms with Crippen molar-refractivity contribution in [3.05, 3.63) is 0 Å². The summed E-state index contributed by atoms with van der Waals surface area (Å²) in [6.07, 6.45) is 3.54. The lowest BCUT2D eigenvalue weighted by Gasteiger charge is -2.21. The molecule has 0 bridgehead atoms. The molecule has 0 aromatic rings. The summed E-state index contributed by atoms with van der Waals surface area (Å²) >= 11 is 0. The zero-order chi connectivity index (χ0) is 14.6. The third kappa shape index (κ3) is 11.1. The number of nitrogens with zero attached hydrogens (tertiary/aromatic N) is 2. The molecule has 6 nitrogen and oxygen atoms in total. The van der Waals surface area contributed by atoms with Crippen molar-refractivity contribution < 1.29 is 9.47 Å². The van der Waals surface area contributed by atoms with Gasteiger partial charge in [-0.3, -0.25) is 9.89 Å². The van der Waals surface area contributed by atoms with Crippen LogP contribution in [0, 0.1) is 0 Å². The molecule has 1 rings (SSSR count). The predicted molar refractivity (Wildman–Crippen MR) is 97.5 cm³/mol. The monoisotopic (exact) mass is 414 g/mol. The van der Waals surface area contributed by atoms with E-state index in [1.54, 1.807) is 7.11 Å². The zero-order valence-electron chi connectivity index (χ0n) is 13.3. The number of rotatable bonds is 12. The van der Waals surface area contributed by atoms with Gasteiger partial charge in [-0.25, -0.2) is 0 Å². The van der Waals surface area contributed by atoms with E-state index in [9.17, 15) is 0 Å². The van der Waals surface area contributed by atoms with Crippen molar-refractivity contribution in [2.75, 3.05) is 53.1 Å². The Hall–Kier alpha value is -0.120. The van der Waals surface area contributed by atoms with Gasteiger partial charge in [0.05, 0.1) is 6.61 Å². The maximum atomic E-state index is 5.82. The number of nitrogens with two attached hydrogens (primary N) is 1. The van der Waals surface area contributed by atoms with E-state index in [2.05, 4.69) is 15.2 Å². The maximum absolute atomic E-state index is 5.82. The standard InChI is InChI=1S/C14H30N4O2.HI/c1-3-20-11-4-7-16-14(15)17-8-9-18(10-12-19-2)13-5-6-13;/h13H,3-12H2,1-2H3,(H3,15,16,17);1H.